The van der Waals surface area contributed by atoms with Gasteiger partial charge in [-0.25, -0.2) is 0 Å². The fraction of sp³-hybridized carbons (Fsp3) is 0.767. The molecule has 0 bridgehead atoms. The van der Waals surface area contributed by atoms with E-state index < -0.39 is 20.7 Å². The van der Waals surface area contributed by atoms with Crippen molar-refractivity contribution in [3.05, 3.63) is 29.8 Å². The van der Waals surface area contributed by atoms with Gasteiger partial charge < -0.3 is 28.7 Å². The predicted octanol–water partition coefficient (Wildman–Crippen LogP) is 6.47. The van der Waals surface area contributed by atoms with Crippen molar-refractivity contribution in [2.75, 3.05) is 32.9 Å². The summed E-state index contributed by atoms with van der Waals surface area (Å²) in [4.78, 5) is 21.4. The van der Waals surface area contributed by atoms with Gasteiger partial charge in [-0.1, -0.05) is 89.7 Å². The molecule has 3 N–H and O–H groups in total. The van der Waals surface area contributed by atoms with Crippen molar-refractivity contribution in [2.45, 2.75) is 117 Å². The Balaban J connectivity index is 2.18. The third-order valence-corrected chi connectivity index (χ3v) is 7.20. The minimum atomic E-state index is -2.01. The maximum Gasteiger partial charge on any atom is 0.329 e. The molecule has 1 aromatic rings. The second-order valence-corrected chi connectivity index (χ2v) is 11.0. The average molecular weight is 557 g/mol. The van der Waals surface area contributed by atoms with Crippen LogP contribution in [0.3, 0.4) is 0 Å². The molecule has 0 saturated heterocycles. The van der Waals surface area contributed by atoms with Crippen LogP contribution in [-0.4, -0.2) is 49.9 Å². The molecule has 38 heavy (non-hydrogen) atoms. The zero-order valence-corrected chi connectivity index (χ0v) is 25.2. The largest absolute Gasteiger partial charge is 0.490 e. The summed E-state index contributed by atoms with van der Waals surface area (Å²) < 4.78 is 21.8. The molecule has 0 radical (unpaired) electrons. The zero-order valence-electron chi connectivity index (χ0n) is 24.3. The summed E-state index contributed by atoms with van der Waals surface area (Å²) in [5.74, 6) is 0.300. The highest BCUT2D eigenvalue weighted by molar-refractivity contribution is 7.40. The van der Waals surface area contributed by atoms with Crippen LogP contribution in [0.15, 0.2) is 24.3 Å². The molecule has 2 atom stereocenters. The number of rotatable bonds is 26. The number of hydrogen-bond donors (Lipinski definition) is 2. The molecule has 1 rings (SSSR count). The standard InChI is InChI=1S/C30H54NO6P/c1-4-6-7-8-9-10-11-12-13-14-15-16-18-28-19-21-29(22-20-28)34-25-30(37-27(3)32)26-36-38(33)35-24-17-23-31-5-2/h19-22,30-31,33H,4-18,23-26H2,1-3H3/p+1. The summed E-state index contributed by atoms with van der Waals surface area (Å²) in [5, 5.41) is 2.17. The topological polar surface area (TPSA) is 90.8 Å². The molecule has 0 aliphatic rings. The zero-order chi connectivity index (χ0) is 27.7. The number of hydrogen-bond acceptors (Lipinski definition) is 6. The van der Waals surface area contributed by atoms with E-state index in [-0.39, 0.29) is 13.2 Å². The van der Waals surface area contributed by atoms with Gasteiger partial charge in [-0.05, 0) is 37.5 Å². The summed E-state index contributed by atoms with van der Waals surface area (Å²) in [5.41, 5.74) is 1.31. The third kappa shape index (κ3) is 20.7. The maximum atomic E-state index is 11.5. The first-order chi connectivity index (χ1) is 18.5. The number of quaternary nitrogens is 1. The van der Waals surface area contributed by atoms with Gasteiger partial charge in [0.25, 0.3) is 0 Å². The van der Waals surface area contributed by atoms with Crippen LogP contribution in [0.5, 0.6) is 5.75 Å². The summed E-state index contributed by atoms with van der Waals surface area (Å²) in [7, 11) is -2.01. The average Bonchev–Trinajstić information content (AvgIpc) is 2.91. The number of esters is 1. The number of nitrogens with two attached hydrogens (primary N) is 1. The van der Waals surface area contributed by atoms with Gasteiger partial charge in [-0.3, -0.25) is 4.79 Å². The molecule has 0 spiro atoms. The molecule has 220 valence electrons. The first kappa shape index (κ1) is 34.8. The molecule has 0 fully saturated rings. The van der Waals surface area contributed by atoms with Crippen molar-refractivity contribution in [1.29, 1.82) is 0 Å². The highest BCUT2D eigenvalue weighted by atomic mass is 31.2. The Labute approximate surface area is 233 Å². The van der Waals surface area contributed by atoms with Gasteiger partial charge in [0.1, 0.15) is 12.4 Å². The predicted molar refractivity (Wildman–Crippen MR) is 155 cm³/mol. The van der Waals surface area contributed by atoms with Gasteiger partial charge in [0.05, 0.1) is 26.3 Å². The van der Waals surface area contributed by atoms with Crippen molar-refractivity contribution in [3.63, 3.8) is 0 Å². The Morgan fingerprint density at radius 3 is 2.03 bits per heavy atom. The Morgan fingerprint density at radius 2 is 1.45 bits per heavy atom. The molecule has 8 heteroatoms. The van der Waals surface area contributed by atoms with E-state index >= 15 is 0 Å². The summed E-state index contributed by atoms with van der Waals surface area (Å²) in [6.45, 7) is 8.27. The Morgan fingerprint density at radius 1 is 0.842 bits per heavy atom. The quantitative estimate of drug-likeness (QED) is 0.0773. The summed E-state index contributed by atoms with van der Waals surface area (Å²) in [6.07, 6.45) is 17.6. The molecule has 2 unspecified atom stereocenters. The molecular weight excluding hydrogens is 501 g/mol. The molecule has 7 nitrogen and oxygen atoms in total. The van der Waals surface area contributed by atoms with Crippen molar-refractivity contribution in [3.8, 4) is 5.75 Å². The Bertz CT molecular complexity index is 675. The monoisotopic (exact) mass is 556 g/mol. The third-order valence-electron chi connectivity index (χ3n) is 6.42. The number of carbonyl (C=O) groups is 1. The van der Waals surface area contributed by atoms with Gasteiger partial charge in [0.15, 0.2) is 6.10 Å². The number of ether oxygens (including phenoxy) is 2. The van der Waals surface area contributed by atoms with Crippen LogP contribution in [-0.2, 0) is 25.0 Å². The minimum absolute atomic E-state index is 0.0138. The van der Waals surface area contributed by atoms with E-state index in [0.29, 0.717) is 6.61 Å². The molecule has 1 aromatic carbocycles. The Kier molecular flexibility index (Phi) is 22.7. The van der Waals surface area contributed by atoms with Gasteiger partial charge in [-0.15, -0.1) is 0 Å². The van der Waals surface area contributed by atoms with E-state index in [2.05, 4.69) is 31.3 Å². The van der Waals surface area contributed by atoms with E-state index in [9.17, 15) is 9.69 Å². The van der Waals surface area contributed by atoms with E-state index in [4.69, 9.17) is 18.5 Å². The number of benzene rings is 1. The van der Waals surface area contributed by atoms with Crippen molar-refractivity contribution >= 4 is 14.6 Å². The first-order valence-electron chi connectivity index (χ1n) is 15.0. The van der Waals surface area contributed by atoms with Crippen LogP contribution in [0, 0.1) is 0 Å². The first-order valence-corrected chi connectivity index (χ1v) is 16.1. The highest BCUT2D eigenvalue weighted by Gasteiger charge is 2.17. The number of carbonyl (C=O) groups excluding carboxylic acids is 1. The molecule has 0 heterocycles. The van der Waals surface area contributed by atoms with Crippen LogP contribution < -0.4 is 10.1 Å². The SMILES string of the molecule is CCCCCCCCCCCCCCc1ccc(OCC(COP(O)OCCC[NH2+]CC)OC(C)=O)cc1. The molecule has 0 aliphatic heterocycles. The van der Waals surface area contributed by atoms with Crippen LogP contribution in [0.1, 0.15) is 110 Å². The van der Waals surface area contributed by atoms with Crippen LogP contribution in [0.25, 0.3) is 0 Å². The summed E-state index contributed by atoms with van der Waals surface area (Å²) >= 11 is 0. The lowest BCUT2D eigenvalue weighted by molar-refractivity contribution is -0.652. The minimum Gasteiger partial charge on any atom is -0.490 e. The van der Waals surface area contributed by atoms with Crippen LogP contribution >= 0.6 is 8.60 Å². The smallest absolute Gasteiger partial charge is 0.329 e. The maximum absolute atomic E-state index is 11.5. The van der Waals surface area contributed by atoms with Crippen molar-refractivity contribution in [1.82, 2.24) is 0 Å². The second-order valence-electron chi connectivity index (χ2n) is 10.0. The van der Waals surface area contributed by atoms with Gasteiger partial charge in [0.2, 0.25) is 0 Å². The van der Waals surface area contributed by atoms with Crippen molar-refractivity contribution in [2.24, 2.45) is 0 Å². The number of aryl methyl sites for hydroxylation is 1. The second kappa shape index (κ2) is 24.8. The van der Waals surface area contributed by atoms with E-state index in [1.807, 2.05) is 12.1 Å². The molecule has 0 saturated carbocycles. The lowest BCUT2D eigenvalue weighted by atomic mass is 10.0. The van der Waals surface area contributed by atoms with E-state index in [1.54, 1.807) is 0 Å². The molecular formula is C30H55NO6P+. The summed E-state index contributed by atoms with van der Waals surface area (Å²) in [6, 6.07) is 8.11. The van der Waals surface area contributed by atoms with Gasteiger partial charge in [0, 0.05) is 13.3 Å². The van der Waals surface area contributed by atoms with Crippen molar-refractivity contribution < 1.29 is 33.5 Å². The normalized spacial score (nSPS) is 12.8. The van der Waals surface area contributed by atoms with Crippen LogP contribution in [0.2, 0.25) is 0 Å². The van der Waals surface area contributed by atoms with Crippen LogP contribution in [0.4, 0.5) is 0 Å². The fourth-order valence-corrected chi connectivity index (χ4v) is 4.87. The van der Waals surface area contributed by atoms with E-state index in [0.717, 1.165) is 31.7 Å². The molecule has 0 aliphatic carbocycles. The Hall–Kier alpha value is -1.24. The van der Waals surface area contributed by atoms with Gasteiger partial charge >= 0.3 is 14.6 Å². The van der Waals surface area contributed by atoms with Gasteiger partial charge in [-0.2, -0.15) is 0 Å². The molecule has 0 amide bonds. The fourth-order valence-electron chi connectivity index (χ4n) is 4.22. The lowest BCUT2D eigenvalue weighted by Crippen LogP contribution is -2.83. The van der Waals surface area contributed by atoms with E-state index in [1.165, 1.54) is 89.5 Å². The molecule has 0 aromatic heterocycles. The lowest BCUT2D eigenvalue weighted by Gasteiger charge is -2.19. The highest BCUT2D eigenvalue weighted by Crippen LogP contribution is 2.33. The number of unbranched alkanes of at least 4 members (excludes halogenated alkanes) is 11.